The van der Waals surface area contributed by atoms with Gasteiger partial charge < -0.3 is 20.3 Å². The van der Waals surface area contributed by atoms with Gasteiger partial charge in [0.25, 0.3) is 0 Å². The zero-order valence-electron chi connectivity index (χ0n) is 16.2. The Morgan fingerprint density at radius 3 is 2.86 bits per heavy atom. The minimum Gasteiger partial charge on any atom is -0.433 e. The number of thiazole rings is 1. The van der Waals surface area contributed by atoms with E-state index in [1.54, 1.807) is 36.6 Å². The fraction of sp³-hybridized carbons (Fsp3) is 0.474. The van der Waals surface area contributed by atoms with Gasteiger partial charge in [-0.1, -0.05) is 12.1 Å². The number of hydrogen-bond donors (Lipinski definition) is 2. The summed E-state index contributed by atoms with van der Waals surface area (Å²) in [6.45, 7) is 3.28. The number of nitrogens with one attached hydrogen (secondary N) is 2. The van der Waals surface area contributed by atoms with E-state index >= 15 is 0 Å². The summed E-state index contributed by atoms with van der Waals surface area (Å²) in [5.74, 6) is 0.907. The van der Waals surface area contributed by atoms with E-state index in [0.29, 0.717) is 24.7 Å². The van der Waals surface area contributed by atoms with Crippen LogP contribution in [0.3, 0.4) is 0 Å². The topological polar surface area (TPSA) is 61.8 Å². The van der Waals surface area contributed by atoms with Gasteiger partial charge in [0.15, 0.2) is 5.96 Å². The molecule has 0 radical (unpaired) electrons. The number of hydrogen-bond acceptors (Lipinski definition) is 5. The lowest BCUT2D eigenvalue weighted by Crippen LogP contribution is -2.44. The number of alkyl halides is 2. The Morgan fingerprint density at radius 2 is 2.18 bits per heavy atom. The third-order valence-electron chi connectivity index (χ3n) is 4.65. The van der Waals surface area contributed by atoms with Crippen molar-refractivity contribution in [3.8, 4) is 5.75 Å². The van der Waals surface area contributed by atoms with Crippen LogP contribution in [0.4, 0.5) is 14.5 Å². The van der Waals surface area contributed by atoms with Gasteiger partial charge in [0.05, 0.1) is 17.9 Å². The third kappa shape index (κ3) is 5.09. The van der Waals surface area contributed by atoms with Gasteiger partial charge in [-0.3, -0.25) is 4.99 Å². The molecule has 1 aliphatic heterocycles. The number of guanidine groups is 1. The first kappa shape index (κ1) is 20.3. The van der Waals surface area contributed by atoms with Crippen LogP contribution in [-0.4, -0.2) is 43.7 Å². The van der Waals surface area contributed by atoms with E-state index in [9.17, 15) is 8.78 Å². The first-order valence-corrected chi connectivity index (χ1v) is 9.96. The summed E-state index contributed by atoms with van der Waals surface area (Å²) in [5, 5.41) is 7.71. The van der Waals surface area contributed by atoms with Crippen molar-refractivity contribution in [2.24, 2.45) is 4.99 Å². The molecule has 2 aromatic rings. The Hall–Kier alpha value is -2.42. The lowest BCUT2D eigenvalue weighted by Gasteiger charge is -2.22. The smallest absolute Gasteiger partial charge is 0.387 e. The molecule has 0 spiro atoms. The molecule has 2 N–H and O–H groups in total. The number of benzene rings is 1. The molecular formula is C19H25F2N5OS. The molecule has 28 heavy (non-hydrogen) atoms. The van der Waals surface area contributed by atoms with E-state index in [1.165, 1.54) is 4.88 Å². The van der Waals surface area contributed by atoms with Gasteiger partial charge in [0, 0.05) is 31.1 Å². The first-order valence-electron chi connectivity index (χ1n) is 9.15. The predicted octanol–water partition coefficient (Wildman–Crippen LogP) is 3.31. The van der Waals surface area contributed by atoms with E-state index in [4.69, 9.17) is 0 Å². The average Bonchev–Trinajstić information content (AvgIpc) is 3.25. The van der Waals surface area contributed by atoms with Crippen molar-refractivity contribution in [3.63, 3.8) is 0 Å². The molecular weight excluding hydrogens is 384 g/mol. The molecule has 1 aliphatic rings. The molecule has 1 atom stereocenters. The second-order valence-electron chi connectivity index (χ2n) is 6.60. The largest absolute Gasteiger partial charge is 0.433 e. The van der Waals surface area contributed by atoms with Crippen LogP contribution < -0.4 is 20.3 Å². The Labute approximate surface area is 167 Å². The predicted molar refractivity (Wildman–Crippen MR) is 109 cm³/mol. The Bertz CT molecular complexity index is 807. The maximum atomic E-state index is 12.7. The summed E-state index contributed by atoms with van der Waals surface area (Å²) in [6, 6.07) is 7.06. The monoisotopic (exact) mass is 409 g/mol. The molecule has 0 aliphatic carbocycles. The van der Waals surface area contributed by atoms with Crippen LogP contribution in [0.5, 0.6) is 5.75 Å². The van der Waals surface area contributed by atoms with E-state index in [-0.39, 0.29) is 11.8 Å². The van der Waals surface area contributed by atoms with Crippen LogP contribution in [0, 0.1) is 13.8 Å². The zero-order valence-corrected chi connectivity index (χ0v) is 17.0. The van der Waals surface area contributed by atoms with Gasteiger partial charge in [-0.25, -0.2) is 4.98 Å². The van der Waals surface area contributed by atoms with Crippen molar-refractivity contribution < 1.29 is 13.5 Å². The van der Waals surface area contributed by atoms with E-state index in [1.807, 2.05) is 13.0 Å². The minimum atomic E-state index is -2.83. The molecule has 1 aromatic carbocycles. The first-order chi connectivity index (χ1) is 13.5. The summed E-state index contributed by atoms with van der Waals surface area (Å²) in [5.41, 5.74) is 1.74. The molecule has 1 aromatic heterocycles. The van der Waals surface area contributed by atoms with Crippen LogP contribution in [0.1, 0.15) is 22.0 Å². The molecule has 1 fully saturated rings. The number of anilines is 1. The van der Waals surface area contributed by atoms with Crippen molar-refractivity contribution in [1.82, 2.24) is 15.6 Å². The Balaban J connectivity index is 1.56. The highest BCUT2D eigenvalue weighted by Gasteiger charge is 2.26. The minimum absolute atomic E-state index is 0.158. The number of aliphatic imine (C=N–C) groups is 1. The van der Waals surface area contributed by atoms with Crippen LogP contribution in [0.25, 0.3) is 0 Å². The van der Waals surface area contributed by atoms with Gasteiger partial charge in [0.1, 0.15) is 10.8 Å². The molecule has 3 rings (SSSR count). The number of para-hydroxylation sites is 2. The van der Waals surface area contributed by atoms with Gasteiger partial charge in [0.2, 0.25) is 0 Å². The Morgan fingerprint density at radius 1 is 1.39 bits per heavy atom. The van der Waals surface area contributed by atoms with Crippen molar-refractivity contribution in [2.45, 2.75) is 39.5 Å². The Kier molecular flexibility index (Phi) is 6.66. The molecule has 1 saturated heterocycles. The van der Waals surface area contributed by atoms with Crippen LogP contribution in [-0.2, 0) is 6.54 Å². The van der Waals surface area contributed by atoms with Crippen molar-refractivity contribution in [2.75, 3.05) is 25.0 Å². The SMILES string of the molecule is CN=C(NCc1nc(C)c(C)s1)NC1CCN(c2ccccc2OC(F)F)C1. The van der Waals surface area contributed by atoms with Crippen LogP contribution in [0.15, 0.2) is 29.3 Å². The van der Waals surface area contributed by atoms with Crippen molar-refractivity contribution >= 4 is 23.0 Å². The number of halogens is 2. The highest BCUT2D eigenvalue weighted by atomic mass is 32.1. The molecule has 2 heterocycles. The standard InChI is InChI=1S/C19H25F2N5OS/c1-12-13(2)28-17(24-12)10-23-19(22-3)25-14-8-9-26(11-14)15-6-4-5-7-16(15)27-18(20)21/h4-7,14,18H,8-11H2,1-3H3,(H2,22,23,25). The quantitative estimate of drug-likeness (QED) is 0.566. The average molecular weight is 410 g/mol. The molecule has 6 nitrogen and oxygen atoms in total. The molecule has 152 valence electrons. The second kappa shape index (κ2) is 9.18. The number of aromatic nitrogens is 1. The fourth-order valence-corrected chi connectivity index (χ4v) is 4.05. The number of rotatable bonds is 6. The summed E-state index contributed by atoms with van der Waals surface area (Å²) < 4.78 is 30.0. The number of aryl methyl sites for hydroxylation is 2. The van der Waals surface area contributed by atoms with Crippen LogP contribution >= 0.6 is 11.3 Å². The zero-order chi connectivity index (χ0) is 20.1. The lowest BCUT2D eigenvalue weighted by molar-refractivity contribution is -0.0495. The lowest BCUT2D eigenvalue weighted by atomic mass is 10.2. The number of nitrogens with zero attached hydrogens (tertiary/aromatic N) is 3. The summed E-state index contributed by atoms with van der Waals surface area (Å²) in [4.78, 5) is 12.1. The molecule has 0 saturated carbocycles. The summed E-state index contributed by atoms with van der Waals surface area (Å²) in [6.07, 6.45) is 0.874. The maximum Gasteiger partial charge on any atom is 0.387 e. The van der Waals surface area contributed by atoms with Gasteiger partial charge in [-0.15, -0.1) is 11.3 Å². The van der Waals surface area contributed by atoms with Gasteiger partial charge >= 0.3 is 6.61 Å². The fourth-order valence-electron chi connectivity index (χ4n) is 3.17. The van der Waals surface area contributed by atoms with Gasteiger partial charge in [-0.2, -0.15) is 8.78 Å². The van der Waals surface area contributed by atoms with E-state index in [2.05, 4.69) is 37.2 Å². The third-order valence-corrected chi connectivity index (χ3v) is 5.73. The van der Waals surface area contributed by atoms with E-state index < -0.39 is 6.61 Å². The highest BCUT2D eigenvalue weighted by Crippen LogP contribution is 2.31. The maximum absolute atomic E-state index is 12.7. The molecule has 1 unspecified atom stereocenters. The van der Waals surface area contributed by atoms with E-state index in [0.717, 1.165) is 23.7 Å². The second-order valence-corrected chi connectivity index (χ2v) is 7.88. The number of ether oxygens (including phenoxy) is 1. The molecule has 0 bridgehead atoms. The van der Waals surface area contributed by atoms with Crippen molar-refractivity contribution in [1.29, 1.82) is 0 Å². The molecule has 0 amide bonds. The highest BCUT2D eigenvalue weighted by molar-refractivity contribution is 7.11. The van der Waals surface area contributed by atoms with Gasteiger partial charge in [-0.05, 0) is 32.4 Å². The summed E-state index contributed by atoms with van der Waals surface area (Å²) in [7, 11) is 1.73. The normalized spacial score (nSPS) is 17.3. The molecule has 9 heteroatoms. The van der Waals surface area contributed by atoms with Crippen molar-refractivity contribution in [3.05, 3.63) is 39.8 Å². The summed E-state index contributed by atoms with van der Waals surface area (Å²) >= 11 is 1.67. The van der Waals surface area contributed by atoms with Crippen LogP contribution in [0.2, 0.25) is 0 Å².